The smallest absolute Gasteiger partial charge is 0.335 e. The maximum atomic E-state index is 11.5. The number of amides is 4. The summed E-state index contributed by atoms with van der Waals surface area (Å²) in [5, 5.41) is 102. The van der Waals surface area contributed by atoms with E-state index in [1.54, 1.807) is 89.7 Å². The summed E-state index contributed by atoms with van der Waals surface area (Å²) in [4.78, 5) is 125. The molecule has 0 aliphatic heterocycles. The summed E-state index contributed by atoms with van der Waals surface area (Å²) < 4.78 is 5.17. The van der Waals surface area contributed by atoms with Gasteiger partial charge in [-0.25, -0.2) is 45.9 Å². The van der Waals surface area contributed by atoms with Gasteiger partial charge < -0.3 is 51.1 Å². The zero-order chi connectivity index (χ0) is 69.7. The van der Waals surface area contributed by atoms with Crippen LogP contribution in [0.1, 0.15) is 117 Å². The van der Waals surface area contributed by atoms with Gasteiger partial charge in [-0.3, -0.25) is 59.4 Å². The van der Waals surface area contributed by atoms with Gasteiger partial charge in [-0.2, -0.15) is 0 Å². The van der Waals surface area contributed by atoms with Crippen LogP contribution in [0.4, 0.5) is 0 Å². The van der Waals surface area contributed by atoms with E-state index in [9.17, 15) is 52.7 Å². The predicted octanol–water partition coefficient (Wildman–Crippen LogP) is 4.31. The number of carboxylic acid groups (broad SMARTS) is 7. The highest BCUT2D eigenvalue weighted by molar-refractivity contribution is 5.90. The Hall–Kier alpha value is -11.0. The van der Waals surface area contributed by atoms with Gasteiger partial charge in [-0.05, 0) is 126 Å². The molecular formula is C63H72N8O23. The van der Waals surface area contributed by atoms with E-state index in [0.717, 1.165) is 28.0 Å². The van der Waals surface area contributed by atoms with E-state index >= 15 is 0 Å². The van der Waals surface area contributed by atoms with Crippen LogP contribution in [0.25, 0.3) is 0 Å². The molecule has 0 radical (unpaired) electrons. The zero-order valence-electron chi connectivity index (χ0n) is 50.4. The largest absolute Gasteiger partial charge is 0.497 e. The molecule has 4 amide bonds. The number of hydrogen-bond donors (Lipinski definition) is 17. The number of carbonyl (C=O) groups is 11. The summed E-state index contributed by atoms with van der Waals surface area (Å²) in [6.07, 6.45) is 0.0392. The number of carbonyl (C=O) groups excluding carboxylic acids is 4. The fraction of sp³-hybridized carbons (Fsp3) is 0.254. The van der Waals surface area contributed by atoms with Crippen LogP contribution in [0.2, 0.25) is 0 Å². The number of aliphatic carboxylic acids is 2. The molecule has 0 bridgehead atoms. The van der Waals surface area contributed by atoms with Gasteiger partial charge in [-0.15, -0.1) is 0 Å². The van der Waals surface area contributed by atoms with Crippen LogP contribution in [0.3, 0.4) is 0 Å². The molecule has 31 nitrogen and oxygen atoms in total. The fourth-order valence-corrected chi connectivity index (χ4v) is 8.50. The molecule has 6 aromatic rings. The minimum absolute atomic E-state index is 0.000345. The first-order chi connectivity index (χ1) is 44.8. The predicted molar refractivity (Wildman–Crippen MR) is 328 cm³/mol. The minimum Gasteiger partial charge on any atom is -0.497 e. The molecule has 17 N–H and O–H groups in total. The molecule has 0 saturated heterocycles. The molecular weight excluding hydrogens is 1240 g/mol. The summed E-state index contributed by atoms with van der Waals surface area (Å²) in [6.45, 7) is 2.66. The average Bonchev–Trinajstić information content (AvgIpc) is 1.06. The Balaban J connectivity index is 0.000000329. The molecule has 502 valence electrons. The lowest BCUT2D eigenvalue weighted by molar-refractivity contribution is -0.142. The van der Waals surface area contributed by atoms with Crippen molar-refractivity contribution in [2.45, 2.75) is 83.5 Å². The SMILES string of the molecule is COc1ccc(CN(CCCC(=O)NO)Cc2cccc(C(=O)O)c2)cc1.O=C(CN(Cc1ccc(C(=O)O)cc1)Cc1ccc(C(=O)O)cc1)NO.O=C(O)CC[C@@H](NCc1cccc(C(=O)O)c1)C(=O)NO.O=C(O)C[C@@H](NCc1cccc(C(=O)O)c1)C(=O)NO. The molecule has 6 rings (SSSR count). The van der Waals surface area contributed by atoms with E-state index in [1.165, 1.54) is 59.5 Å². The lowest BCUT2D eigenvalue weighted by Crippen LogP contribution is -2.44. The van der Waals surface area contributed by atoms with E-state index < -0.39 is 83.9 Å². The monoisotopic (exact) mass is 1310 g/mol. The Morgan fingerprint density at radius 3 is 1.18 bits per heavy atom. The van der Waals surface area contributed by atoms with Crippen LogP contribution in [-0.4, -0.2) is 164 Å². The summed E-state index contributed by atoms with van der Waals surface area (Å²) in [6, 6.07) is 37.2. The molecule has 0 saturated carbocycles. The lowest BCUT2D eigenvalue weighted by atomic mass is 10.1. The highest BCUT2D eigenvalue weighted by atomic mass is 16.5. The minimum atomic E-state index is -1.20. The zero-order valence-corrected chi connectivity index (χ0v) is 50.4. The van der Waals surface area contributed by atoms with Crippen LogP contribution in [-0.2, 0) is 68.0 Å². The van der Waals surface area contributed by atoms with Crippen LogP contribution >= 0.6 is 0 Å². The topological polar surface area (TPSA) is 498 Å². The van der Waals surface area contributed by atoms with E-state index in [-0.39, 0.29) is 66.7 Å². The van der Waals surface area contributed by atoms with Crippen LogP contribution in [0.5, 0.6) is 5.75 Å². The number of hydroxylamine groups is 4. The Kier molecular flexibility index (Phi) is 34.0. The molecule has 31 heteroatoms. The number of benzene rings is 6. The molecule has 0 aromatic heterocycles. The van der Waals surface area contributed by atoms with E-state index in [4.69, 9.17) is 61.3 Å². The van der Waals surface area contributed by atoms with Gasteiger partial charge >= 0.3 is 41.8 Å². The van der Waals surface area contributed by atoms with Crippen molar-refractivity contribution in [2.24, 2.45) is 0 Å². The van der Waals surface area contributed by atoms with Crippen LogP contribution in [0, 0.1) is 0 Å². The molecule has 0 aliphatic rings. The van der Waals surface area contributed by atoms with Crippen molar-refractivity contribution in [3.63, 3.8) is 0 Å². The van der Waals surface area contributed by atoms with Crippen molar-refractivity contribution in [3.8, 4) is 5.75 Å². The van der Waals surface area contributed by atoms with Crippen LogP contribution in [0.15, 0.2) is 146 Å². The van der Waals surface area contributed by atoms with Crippen LogP contribution < -0.4 is 37.3 Å². The van der Waals surface area contributed by atoms with Crippen molar-refractivity contribution in [1.82, 2.24) is 42.4 Å². The number of aromatic carboxylic acids is 5. The Morgan fingerprint density at radius 1 is 0.404 bits per heavy atom. The normalized spacial score (nSPS) is 11.1. The molecule has 2 atom stereocenters. The second-order valence-electron chi connectivity index (χ2n) is 20.2. The second-order valence-corrected chi connectivity index (χ2v) is 20.2. The third-order valence-electron chi connectivity index (χ3n) is 13.2. The van der Waals surface area contributed by atoms with E-state index in [2.05, 4.69) is 15.5 Å². The second kappa shape index (κ2) is 41.4. The van der Waals surface area contributed by atoms with E-state index in [1.807, 2.05) is 30.3 Å². The molecule has 0 fully saturated rings. The first-order valence-electron chi connectivity index (χ1n) is 28.1. The number of methoxy groups -OCH3 is 1. The molecule has 0 heterocycles. The number of nitrogens with zero attached hydrogens (tertiary/aromatic N) is 2. The van der Waals surface area contributed by atoms with Crippen molar-refractivity contribution < 1.29 is 114 Å². The van der Waals surface area contributed by atoms with E-state index in [0.29, 0.717) is 50.3 Å². The van der Waals surface area contributed by atoms with Gasteiger partial charge in [0.1, 0.15) is 5.75 Å². The number of nitrogens with one attached hydrogen (secondary N) is 6. The summed E-state index contributed by atoms with van der Waals surface area (Å²) in [5.74, 6) is -9.26. The first kappa shape index (κ1) is 77.2. The van der Waals surface area contributed by atoms with Crippen molar-refractivity contribution in [2.75, 3.05) is 20.2 Å². The Bertz CT molecular complexity index is 3440. The third kappa shape index (κ3) is 29.7. The van der Waals surface area contributed by atoms with Gasteiger partial charge in [0.2, 0.25) is 5.91 Å². The molecule has 0 unspecified atom stereocenters. The van der Waals surface area contributed by atoms with Gasteiger partial charge in [-0.1, -0.05) is 72.8 Å². The van der Waals surface area contributed by atoms with Crippen molar-refractivity contribution in [3.05, 3.63) is 207 Å². The number of ether oxygens (including phenoxy) is 1. The van der Waals surface area contributed by atoms with Gasteiger partial charge in [0, 0.05) is 52.1 Å². The van der Waals surface area contributed by atoms with Gasteiger partial charge in [0.15, 0.2) is 0 Å². The van der Waals surface area contributed by atoms with Crippen molar-refractivity contribution in [1.29, 1.82) is 0 Å². The lowest BCUT2D eigenvalue weighted by Gasteiger charge is -2.23. The highest BCUT2D eigenvalue weighted by Gasteiger charge is 2.22. The number of hydrogen-bond acceptors (Lipinski definition) is 20. The molecule has 0 spiro atoms. The summed E-state index contributed by atoms with van der Waals surface area (Å²) >= 11 is 0. The summed E-state index contributed by atoms with van der Waals surface area (Å²) in [5.41, 5.74) is 11.6. The van der Waals surface area contributed by atoms with Gasteiger partial charge in [0.05, 0.1) is 60.0 Å². The Morgan fingerprint density at radius 2 is 0.787 bits per heavy atom. The highest BCUT2D eigenvalue weighted by Crippen LogP contribution is 2.18. The quantitative estimate of drug-likeness (QED) is 0.0202. The molecule has 0 aliphatic carbocycles. The molecule has 6 aromatic carbocycles. The van der Waals surface area contributed by atoms with Gasteiger partial charge in [0.25, 0.3) is 17.7 Å². The number of rotatable bonds is 33. The fourth-order valence-electron chi connectivity index (χ4n) is 8.50. The third-order valence-corrected chi connectivity index (χ3v) is 13.2. The molecule has 94 heavy (non-hydrogen) atoms. The maximum Gasteiger partial charge on any atom is 0.335 e. The van der Waals surface area contributed by atoms with Crippen molar-refractivity contribution >= 4 is 65.4 Å². The summed E-state index contributed by atoms with van der Waals surface area (Å²) in [7, 11) is 1.61. The standard InChI is InChI=1S/C20H24N2O5.C18H18N2O6.C13H16N2O6.C12H14N2O6/c1-27-18-9-7-15(8-10-18)13-22(11-3-6-19(23)21-26)14-16-4-2-5-17(12-16)20(24)25;21-16(19-26)11-20(9-12-1-5-14(6-2-12)17(22)23)10-13-3-7-15(8-4-13)18(24)25;16-11(17)5-4-10(12(18)15-21)14-7-8-2-1-3-9(6-8)13(19)20;15-10(16)5-9(11(17)14-20)13-6-7-2-1-3-8(4-7)12(18)19/h2,4-5,7-10,12,26H,3,6,11,13-14H2,1H3,(H,21,23)(H,24,25);1-8,26H,9-11H2,(H,19,21)(H,22,23)(H,24,25);1-3,6,10,14,21H,4-5,7H2,(H,15,18)(H,16,17)(H,19,20);1-4,9,13,20H,5-6H2,(H,14,17)(H,15,16)(H,18,19)/t;;10-;9-/m..11/s1. The maximum absolute atomic E-state index is 11.5. The number of carboxylic acids is 7. The Labute approximate surface area is 536 Å². The average molecular weight is 1310 g/mol. The first-order valence-corrected chi connectivity index (χ1v) is 28.1.